The molecule has 2 amide bonds. The summed E-state index contributed by atoms with van der Waals surface area (Å²) in [6.07, 6.45) is 5.24. The van der Waals surface area contributed by atoms with Crippen molar-refractivity contribution in [2.24, 2.45) is 17.2 Å². The molecule has 0 aromatic rings. The number of hydrogen-bond donors (Lipinski definition) is 3. The first-order valence-electron chi connectivity index (χ1n) is 5.31. The first kappa shape index (κ1) is 11.3. The van der Waals surface area contributed by atoms with Gasteiger partial charge in [-0.3, -0.25) is 5.43 Å². The second-order valence-electron chi connectivity index (χ2n) is 4.80. The molecule has 0 radical (unpaired) electrons. The molecule has 0 aliphatic heterocycles. The summed E-state index contributed by atoms with van der Waals surface area (Å²) in [5.74, 6) is 5.73. The molecule has 0 aromatic carbocycles. The lowest BCUT2D eigenvalue weighted by molar-refractivity contribution is 0.199. The number of urea groups is 1. The summed E-state index contributed by atoms with van der Waals surface area (Å²) in [4.78, 5) is 10.9. The molecule has 1 saturated carbocycles. The summed E-state index contributed by atoms with van der Waals surface area (Å²) >= 11 is 0. The second kappa shape index (κ2) is 4.64. The zero-order valence-electron chi connectivity index (χ0n) is 9.10. The Morgan fingerprint density at radius 3 is 2.50 bits per heavy atom. The molecular formula is C10H21N3O. The van der Waals surface area contributed by atoms with E-state index in [9.17, 15) is 4.79 Å². The quantitative estimate of drug-likeness (QED) is 0.365. The van der Waals surface area contributed by atoms with E-state index < -0.39 is 0 Å². The van der Waals surface area contributed by atoms with Gasteiger partial charge in [0, 0.05) is 6.54 Å². The molecule has 1 aliphatic rings. The van der Waals surface area contributed by atoms with E-state index in [0.717, 1.165) is 5.92 Å². The van der Waals surface area contributed by atoms with Crippen molar-refractivity contribution in [3.05, 3.63) is 0 Å². The molecule has 4 nitrogen and oxygen atoms in total. The Kier molecular flexibility index (Phi) is 3.75. The third-order valence-corrected chi connectivity index (χ3v) is 3.30. The number of nitrogens with two attached hydrogens (primary N) is 1. The minimum absolute atomic E-state index is 0.184. The van der Waals surface area contributed by atoms with Crippen LogP contribution in [0.15, 0.2) is 0 Å². The Balaban J connectivity index is 2.36. The Hall–Kier alpha value is -0.770. The van der Waals surface area contributed by atoms with Gasteiger partial charge in [0.15, 0.2) is 0 Å². The van der Waals surface area contributed by atoms with Crippen LogP contribution in [0.2, 0.25) is 0 Å². The van der Waals surface area contributed by atoms with Gasteiger partial charge in [0.05, 0.1) is 0 Å². The van der Waals surface area contributed by atoms with Gasteiger partial charge in [-0.2, -0.15) is 0 Å². The Morgan fingerprint density at radius 2 is 2.00 bits per heavy atom. The van der Waals surface area contributed by atoms with Crippen molar-refractivity contribution < 1.29 is 4.79 Å². The van der Waals surface area contributed by atoms with Gasteiger partial charge in [-0.1, -0.05) is 26.7 Å². The first-order chi connectivity index (χ1) is 6.56. The van der Waals surface area contributed by atoms with Crippen LogP contribution in [0.1, 0.15) is 39.5 Å². The highest BCUT2D eigenvalue weighted by molar-refractivity contribution is 5.73. The van der Waals surface area contributed by atoms with Crippen LogP contribution in [0, 0.1) is 11.3 Å². The highest BCUT2D eigenvalue weighted by atomic mass is 16.2. The average Bonchev–Trinajstić information content (AvgIpc) is 2.67. The number of rotatable bonds is 3. The molecule has 82 valence electrons. The maximum absolute atomic E-state index is 10.9. The average molecular weight is 199 g/mol. The third kappa shape index (κ3) is 2.87. The lowest BCUT2D eigenvalue weighted by Gasteiger charge is -2.31. The van der Waals surface area contributed by atoms with E-state index in [2.05, 4.69) is 24.6 Å². The summed E-state index contributed by atoms with van der Waals surface area (Å²) in [5, 5.41) is 2.77. The summed E-state index contributed by atoms with van der Waals surface area (Å²) in [6.45, 7) is 5.11. The molecule has 0 atom stereocenters. The molecule has 14 heavy (non-hydrogen) atoms. The second-order valence-corrected chi connectivity index (χ2v) is 4.80. The molecule has 0 heterocycles. The van der Waals surface area contributed by atoms with E-state index in [0.29, 0.717) is 6.54 Å². The molecular weight excluding hydrogens is 178 g/mol. The van der Waals surface area contributed by atoms with Crippen molar-refractivity contribution in [3.8, 4) is 0 Å². The van der Waals surface area contributed by atoms with E-state index in [1.807, 2.05) is 0 Å². The minimum Gasteiger partial charge on any atom is -0.337 e. The van der Waals surface area contributed by atoms with Crippen molar-refractivity contribution in [2.45, 2.75) is 39.5 Å². The van der Waals surface area contributed by atoms with Gasteiger partial charge in [0.25, 0.3) is 0 Å². The summed E-state index contributed by atoms with van der Waals surface area (Å²) in [6, 6.07) is -0.295. The number of hydrazine groups is 1. The maximum atomic E-state index is 10.9. The van der Waals surface area contributed by atoms with Crippen LogP contribution in [0.5, 0.6) is 0 Å². The smallest absolute Gasteiger partial charge is 0.328 e. The zero-order valence-corrected chi connectivity index (χ0v) is 9.10. The molecule has 0 aromatic heterocycles. The fourth-order valence-corrected chi connectivity index (χ4v) is 2.21. The Bertz CT molecular complexity index is 198. The van der Waals surface area contributed by atoms with E-state index in [1.54, 1.807) is 0 Å². The van der Waals surface area contributed by atoms with E-state index in [4.69, 9.17) is 5.84 Å². The van der Waals surface area contributed by atoms with Gasteiger partial charge in [-0.25, -0.2) is 10.6 Å². The number of carbonyl (C=O) groups excluding carboxylic acids is 1. The number of amides is 2. The topological polar surface area (TPSA) is 67.2 Å². The maximum Gasteiger partial charge on any atom is 0.328 e. The molecule has 0 bridgehead atoms. The monoisotopic (exact) mass is 199 g/mol. The predicted molar refractivity (Wildman–Crippen MR) is 56.5 cm³/mol. The summed E-state index contributed by atoms with van der Waals surface area (Å²) in [5.41, 5.74) is 2.26. The Morgan fingerprint density at radius 1 is 1.43 bits per heavy atom. The van der Waals surface area contributed by atoms with Crippen LogP contribution < -0.4 is 16.6 Å². The number of carbonyl (C=O) groups is 1. The largest absolute Gasteiger partial charge is 0.337 e. The molecule has 4 N–H and O–H groups in total. The third-order valence-electron chi connectivity index (χ3n) is 3.30. The van der Waals surface area contributed by atoms with Gasteiger partial charge in [0.1, 0.15) is 0 Å². The molecule has 0 saturated heterocycles. The lowest BCUT2D eigenvalue weighted by atomic mass is 9.78. The standard InChI is InChI=1S/C10H21N3O/c1-10(2,7-12-9(14)13-11)8-5-3-4-6-8/h8H,3-7,11H2,1-2H3,(H2,12,13,14). The van der Waals surface area contributed by atoms with Crippen LogP contribution >= 0.6 is 0 Å². The highest BCUT2D eigenvalue weighted by Gasteiger charge is 2.31. The Labute approximate surface area is 85.6 Å². The van der Waals surface area contributed by atoms with Crippen LogP contribution in [0.3, 0.4) is 0 Å². The fourth-order valence-electron chi connectivity index (χ4n) is 2.21. The molecule has 1 fully saturated rings. The van der Waals surface area contributed by atoms with Crippen molar-refractivity contribution in [1.82, 2.24) is 10.7 Å². The fraction of sp³-hybridized carbons (Fsp3) is 0.900. The van der Waals surface area contributed by atoms with Gasteiger partial charge >= 0.3 is 6.03 Å². The van der Waals surface area contributed by atoms with Gasteiger partial charge in [-0.05, 0) is 24.2 Å². The van der Waals surface area contributed by atoms with E-state index in [1.165, 1.54) is 25.7 Å². The van der Waals surface area contributed by atoms with E-state index >= 15 is 0 Å². The predicted octanol–water partition coefficient (Wildman–Crippen LogP) is 1.38. The van der Waals surface area contributed by atoms with E-state index in [-0.39, 0.29) is 11.4 Å². The molecule has 0 spiro atoms. The molecule has 1 aliphatic carbocycles. The lowest BCUT2D eigenvalue weighted by Crippen LogP contribution is -2.45. The number of nitrogens with one attached hydrogen (secondary N) is 2. The van der Waals surface area contributed by atoms with Crippen molar-refractivity contribution in [3.63, 3.8) is 0 Å². The SMILES string of the molecule is CC(C)(CNC(=O)NN)C1CCCC1. The van der Waals surface area contributed by atoms with Gasteiger partial charge in [0.2, 0.25) is 0 Å². The molecule has 0 unspecified atom stereocenters. The molecule has 4 heteroatoms. The van der Waals surface area contributed by atoms with Crippen LogP contribution in [0.25, 0.3) is 0 Å². The summed E-state index contributed by atoms with van der Waals surface area (Å²) in [7, 11) is 0. The van der Waals surface area contributed by atoms with Crippen LogP contribution in [0.4, 0.5) is 4.79 Å². The minimum atomic E-state index is -0.295. The first-order valence-corrected chi connectivity index (χ1v) is 5.31. The summed E-state index contributed by atoms with van der Waals surface area (Å²) < 4.78 is 0. The van der Waals surface area contributed by atoms with Crippen molar-refractivity contribution in [2.75, 3.05) is 6.54 Å². The van der Waals surface area contributed by atoms with Gasteiger partial charge in [-0.15, -0.1) is 0 Å². The number of hydrogen-bond acceptors (Lipinski definition) is 2. The normalized spacial score (nSPS) is 18.2. The van der Waals surface area contributed by atoms with Crippen LogP contribution in [-0.4, -0.2) is 12.6 Å². The van der Waals surface area contributed by atoms with Crippen LogP contribution in [-0.2, 0) is 0 Å². The molecule has 1 rings (SSSR count). The highest BCUT2D eigenvalue weighted by Crippen LogP contribution is 2.38. The zero-order chi connectivity index (χ0) is 10.6. The van der Waals surface area contributed by atoms with Crippen molar-refractivity contribution in [1.29, 1.82) is 0 Å². The van der Waals surface area contributed by atoms with Gasteiger partial charge < -0.3 is 5.32 Å². The van der Waals surface area contributed by atoms with Crippen molar-refractivity contribution >= 4 is 6.03 Å².